The van der Waals surface area contributed by atoms with Crippen LogP contribution in [0.25, 0.3) is 44.3 Å². The Labute approximate surface area is 361 Å². The number of hydrogen-bond donors (Lipinski definition) is 1. The van der Waals surface area contributed by atoms with Crippen LogP contribution in [0.4, 0.5) is 11.4 Å². The topological polar surface area (TPSA) is 96.4 Å². The van der Waals surface area contributed by atoms with Crippen LogP contribution in [0.3, 0.4) is 0 Å². The second-order valence-corrected chi connectivity index (χ2v) is 15.9. The van der Waals surface area contributed by atoms with Crippen LogP contribution in [0, 0.1) is 0 Å². The highest BCUT2D eigenvalue weighted by Gasteiger charge is 2.21. The number of pyridine rings is 2. The molecule has 10 nitrogen and oxygen atoms in total. The number of nitrogens with one attached hydrogen (secondary N) is 1. The lowest BCUT2D eigenvalue weighted by Crippen LogP contribution is -2.31. The minimum atomic E-state index is -0.0895. The van der Waals surface area contributed by atoms with Crippen molar-refractivity contribution in [3.8, 4) is 34.0 Å². The molecule has 0 spiro atoms. The number of rotatable bonds is 16. The summed E-state index contributed by atoms with van der Waals surface area (Å²) in [5, 5.41) is 5.27. The van der Waals surface area contributed by atoms with Gasteiger partial charge in [-0.1, -0.05) is 50.2 Å². The van der Waals surface area contributed by atoms with Crippen molar-refractivity contribution in [2.24, 2.45) is 0 Å². The fourth-order valence-electron chi connectivity index (χ4n) is 7.40. The van der Waals surface area contributed by atoms with E-state index >= 15 is 0 Å². The minimum absolute atomic E-state index is 0.0319. The number of hydrogen-bond acceptors (Lipinski definition) is 10. The maximum atomic E-state index is 6.08. The van der Waals surface area contributed by atoms with E-state index in [0.29, 0.717) is 13.2 Å². The van der Waals surface area contributed by atoms with Crippen molar-refractivity contribution < 1.29 is 28.4 Å². The van der Waals surface area contributed by atoms with Gasteiger partial charge in [-0.2, -0.15) is 0 Å². The van der Waals surface area contributed by atoms with E-state index in [1.807, 2.05) is 57.5 Å². The van der Waals surface area contributed by atoms with Crippen molar-refractivity contribution >= 4 is 33.2 Å². The lowest BCUT2D eigenvalue weighted by Gasteiger charge is -2.27. The van der Waals surface area contributed by atoms with Crippen LogP contribution in [0.15, 0.2) is 109 Å². The standard InChI is InChI=1S/C26H32N2O3.C25H30N2O3/c1-4-22(31-26-7-5-6-16-29-26)18-30-23-13-15-25-20(17-23)10-14-24(27-25)19-8-11-21(12-9-19)28(2)3;1-3-21(30-25-6-4-5-15-28-25)17-29-22-12-14-24-19(16-22)9-13-23(27-24)18-7-10-20(26-2)11-8-18/h8-15,17,22,26H,4-7,16,18H2,1-3H3;7-14,16,21,25-26H,3-6,15,17H2,1-2H3. The zero-order valence-electron chi connectivity index (χ0n) is 36.5. The Hall–Kier alpha value is -5.26. The van der Waals surface area contributed by atoms with Crippen LogP contribution < -0.4 is 19.7 Å². The Morgan fingerprint density at radius 1 is 0.607 bits per heavy atom. The molecule has 2 fully saturated rings. The molecule has 2 aromatic heterocycles. The molecule has 0 radical (unpaired) electrons. The Bertz CT molecular complexity index is 2260. The summed E-state index contributed by atoms with van der Waals surface area (Å²) in [4.78, 5) is 11.7. The molecule has 2 aliphatic heterocycles. The van der Waals surface area contributed by atoms with Crippen molar-refractivity contribution in [3.05, 3.63) is 109 Å². The van der Waals surface area contributed by atoms with Gasteiger partial charge in [0, 0.05) is 67.6 Å². The van der Waals surface area contributed by atoms with Crippen molar-refractivity contribution in [2.75, 3.05) is 57.8 Å². The van der Waals surface area contributed by atoms with Crippen LogP contribution in [0.2, 0.25) is 0 Å². The largest absolute Gasteiger partial charge is 0.491 e. The average Bonchev–Trinajstić information content (AvgIpc) is 3.32. The molecular weight excluding hydrogens is 765 g/mol. The van der Waals surface area contributed by atoms with Crippen LogP contribution in [0.1, 0.15) is 65.2 Å². The lowest BCUT2D eigenvalue weighted by molar-refractivity contribution is -0.193. The van der Waals surface area contributed by atoms with E-state index in [1.165, 1.54) is 18.5 Å². The summed E-state index contributed by atoms with van der Waals surface area (Å²) >= 11 is 0. The summed E-state index contributed by atoms with van der Waals surface area (Å²) < 4.78 is 35.6. The fraction of sp³-hybridized carbons (Fsp3) is 0.412. The molecule has 4 heterocycles. The van der Waals surface area contributed by atoms with E-state index in [0.717, 1.165) is 113 Å². The van der Waals surface area contributed by atoms with Gasteiger partial charge in [-0.25, -0.2) is 9.97 Å². The van der Waals surface area contributed by atoms with Gasteiger partial charge in [0.2, 0.25) is 0 Å². The van der Waals surface area contributed by atoms with Gasteiger partial charge in [0.15, 0.2) is 12.6 Å². The van der Waals surface area contributed by atoms with E-state index < -0.39 is 0 Å². The Kier molecular flexibility index (Phi) is 15.8. The molecule has 10 heteroatoms. The number of aromatic nitrogens is 2. The molecule has 322 valence electrons. The summed E-state index contributed by atoms with van der Waals surface area (Å²) in [5.74, 6) is 1.67. The van der Waals surface area contributed by atoms with Crippen molar-refractivity contribution in [1.29, 1.82) is 0 Å². The monoisotopic (exact) mass is 826 g/mol. The Morgan fingerprint density at radius 3 is 1.49 bits per heavy atom. The molecule has 0 aliphatic carbocycles. The smallest absolute Gasteiger partial charge is 0.158 e. The number of nitrogens with zero attached hydrogens (tertiary/aromatic N) is 3. The number of ether oxygens (including phenoxy) is 6. The Balaban J connectivity index is 0.000000184. The van der Waals surface area contributed by atoms with Crippen LogP contribution in [-0.4, -0.2) is 82.3 Å². The molecule has 8 rings (SSSR count). The van der Waals surface area contributed by atoms with Gasteiger partial charge < -0.3 is 38.6 Å². The molecule has 4 atom stereocenters. The van der Waals surface area contributed by atoms with Gasteiger partial charge in [0.05, 0.1) is 34.6 Å². The van der Waals surface area contributed by atoms with E-state index in [-0.39, 0.29) is 24.8 Å². The van der Waals surface area contributed by atoms with Gasteiger partial charge in [-0.05, 0) is 124 Å². The molecule has 6 aromatic rings. The highest BCUT2D eigenvalue weighted by molar-refractivity contribution is 5.84. The molecule has 0 amide bonds. The van der Waals surface area contributed by atoms with Gasteiger partial charge in [-0.15, -0.1) is 0 Å². The van der Waals surface area contributed by atoms with Gasteiger partial charge >= 0.3 is 0 Å². The molecule has 0 bridgehead atoms. The first-order valence-corrected chi connectivity index (χ1v) is 22.0. The summed E-state index contributed by atoms with van der Waals surface area (Å²) in [6, 6.07) is 37.1. The third-order valence-electron chi connectivity index (χ3n) is 11.2. The predicted octanol–water partition coefficient (Wildman–Crippen LogP) is 11.3. The summed E-state index contributed by atoms with van der Waals surface area (Å²) in [6.45, 7) is 6.86. The third kappa shape index (κ3) is 12.4. The number of fused-ring (bicyclic) bond motifs is 2. The first kappa shape index (κ1) is 43.8. The van der Waals surface area contributed by atoms with Crippen LogP contribution in [-0.2, 0) is 18.9 Å². The molecule has 4 unspecified atom stereocenters. The number of anilines is 2. The summed E-state index contributed by atoms with van der Waals surface area (Å²) in [7, 11) is 6.00. The predicted molar refractivity (Wildman–Crippen MR) is 247 cm³/mol. The SMILES string of the molecule is CCC(COc1ccc2nc(-c3ccc(N(C)C)cc3)ccc2c1)OC1CCCCO1.CCC(COc1ccc2nc(-c3ccc(NC)cc3)ccc2c1)OC1CCCCO1. The highest BCUT2D eigenvalue weighted by atomic mass is 16.7. The van der Waals surface area contributed by atoms with E-state index in [9.17, 15) is 0 Å². The highest BCUT2D eigenvalue weighted by Crippen LogP contribution is 2.28. The first-order chi connectivity index (χ1) is 29.9. The van der Waals surface area contributed by atoms with Gasteiger partial charge in [-0.3, -0.25) is 0 Å². The van der Waals surface area contributed by atoms with E-state index in [4.69, 9.17) is 38.4 Å². The second kappa shape index (κ2) is 22.0. The average molecular weight is 827 g/mol. The quantitative estimate of drug-likeness (QED) is 0.102. The molecular formula is C51H62N4O6. The van der Waals surface area contributed by atoms with Gasteiger partial charge in [0.1, 0.15) is 24.7 Å². The summed E-state index contributed by atoms with van der Waals surface area (Å²) in [6.07, 6.45) is 8.20. The van der Waals surface area contributed by atoms with E-state index in [1.54, 1.807) is 0 Å². The maximum absolute atomic E-state index is 6.08. The molecule has 2 saturated heterocycles. The minimum Gasteiger partial charge on any atom is -0.491 e. The second-order valence-electron chi connectivity index (χ2n) is 15.9. The lowest BCUT2D eigenvalue weighted by atomic mass is 10.1. The van der Waals surface area contributed by atoms with Crippen LogP contribution >= 0.6 is 0 Å². The molecule has 1 N–H and O–H groups in total. The van der Waals surface area contributed by atoms with Crippen molar-refractivity contribution in [3.63, 3.8) is 0 Å². The first-order valence-electron chi connectivity index (χ1n) is 22.0. The molecule has 4 aromatic carbocycles. The fourth-order valence-corrected chi connectivity index (χ4v) is 7.40. The van der Waals surface area contributed by atoms with E-state index in [2.05, 4.69) is 96.9 Å². The summed E-state index contributed by atoms with van der Waals surface area (Å²) in [5.41, 5.74) is 8.33. The maximum Gasteiger partial charge on any atom is 0.158 e. The molecule has 2 aliphatic rings. The Morgan fingerprint density at radius 2 is 1.08 bits per heavy atom. The normalized spacial score (nSPS) is 17.5. The van der Waals surface area contributed by atoms with Crippen LogP contribution in [0.5, 0.6) is 11.5 Å². The zero-order valence-corrected chi connectivity index (χ0v) is 36.5. The van der Waals surface area contributed by atoms with Crippen molar-refractivity contribution in [2.45, 2.75) is 90.0 Å². The third-order valence-corrected chi connectivity index (χ3v) is 11.2. The molecule has 0 saturated carbocycles. The van der Waals surface area contributed by atoms with Crippen molar-refractivity contribution in [1.82, 2.24) is 9.97 Å². The molecule has 61 heavy (non-hydrogen) atoms. The van der Waals surface area contributed by atoms with Gasteiger partial charge in [0.25, 0.3) is 0 Å². The zero-order chi connectivity index (χ0) is 42.4. The number of benzene rings is 4.